The van der Waals surface area contributed by atoms with Crippen molar-refractivity contribution >= 4 is 34.5 Å². The lowest BCUT2D eigenvalue weighted by atomic mass is 10.2. The average molecular weight is 319 g/mol. The van der Waals surface area contributed by atoms with E-state index in [-0.39, 0.29) is 18.1 Å². The Bertz CT molecular complexity index is 673. The summed E-state index contributed by atoms with van der Waals surface area (Å²) >= 11 is 7.82. The number of carbonyl (C=O) groups excluding carboxylic acids is 1. The number of hydrogen-bond donors (Lipinski definition) is 0. The molecule has 2 fully saturated rings. The molecule has 5 heteroatoms. The molecule has 2 aliphatic rings. The van der Waals surface area contributed by atoms with Crippen LogP contribution >= 0.6 is 22.9 Å². The van der Waals surface area contributed by atoms with E-state index in [1.54, 1.807) is 11.3 Å². The quantitative estimate of drug-likeness (QED) is 0.838. The normalized spacial score (nSPS) is 25.6. The fraction of sp³-hybridized carbons (Fsp3) is 0.312. The Hall–Kier alpha value is -1.36. The number of hydrogen-bond acceptors (Lipinski definition) is 3. The van der Waals surface area contributed by atoms with Crippen LogP contribution in [0.2, 0.25) is 5.02 Å². The number of amides is 1. The van der Waals surface area contributed by atoms with Crippen LogP contribution in [-0.4, -0.2) is 23.4 Å². The predicted octanol–water partition coefficient (Wildman–Crippen LogP) is 3.91. The molecule has 21 heavy (non-hydrogen) atoms. The van der Waals surface area contributed by atoms with Crippen LogP contribution in [-0.2, 0) is 4.79 Å². The van der Waals surface area contributed by atoms with E-state index in [2.05, 4.69) is 16.3 Å². The van der Waals surface area contributed by atoms with Gasteiger partial charge in [0.2, 0.25) is 5.91 Å². The average Bonchev–Trinajstić information content (AvgIpc) is 3.17. The number of nitrogens with zero attached hydrogens (tertiary/aromatic N) is 2. The third-order valence-electron chi connectivity index (χ3n) is 4.26. The topological polar surface area (TPSA) is 23.6 Å². The molecular formula is C16H15ClN2OS. The van der Waals surface area contributed by atoms with Crippen LogP contribution in [0.1, 0.15) is 23.9 Å². The van der Waals surface area contributed by atoms with E-state index in [9.17, 15) is 4.79 Å². The van der Waals surface area contributed by atoms with E-state index >= 15 is 0 Å². The number of carbonyl (C=O) groups is 1. The summed E-state index contributed by atoms with van der Waals surface area (Å²) in [5.41, 5.74) is 0.889. The maximum absolute atomic E-state index is 12.9. The van der Waals surface area contributed by atoms with E-state index in [1.165, 1.54) is 4.88 Å². The van der Waals surface area contributed by atoms with E-state index < -0.39 is 0 Å². The minimum absolute atomic E-state index is 0.0171. The summed E-state index contributed by atoms with van der Waals surface area (Å²) in [6, 6.07) is 11.8. The summed E-state index contributed by atoms with van der Waals surface area (Å²) in [5.74, 6) is 0.202. The molecule has 108 valence electrons. The smallest absolute Gasteiger partial charge is 0.246 e. The van der Waals surface area contributed by atoms with Crippen molar-refractivity contribution in [2.75, 3.05) is 11.4 Å². The van der Waals surface area contributed by atoms with Gasteiger partial charge in [0.25, 0.3) is 0 Å². The first-order valence-corrected chi connectivity index (χ1v) is 8.39. The maximum atomic E-state index is 12.9. The number of benzene rings is 1. The van der Waals surface area contributed by atoms with Crippen molar-refractivity contribution in [2.24, 2.45) is 0 Å². The summed E-state index contributed by atoms with van der Waals surface area (Å²) in [7, 11) is 0. The highest BCUT2D eigenvalue weighted by molar-refractivity contribution is 7.10. The van der Waals surface area contributed by atoms with Crippen LogP contribution in [0.25, 0.3) is 0 Å². The molecule has 4 rings (SSSR count). The maximum Gasteiger partial charge on any atom is 0.246 e. The SMILES string of the molecule is O=C1C2CCCN2C(c2cccs2)N1c1cccc(Cl)c1. The van der Waals surface area contributed by atoms with Crippen molar-refractivity contribution in [3.05, 3.63) is 51.7 Å². The lowest BCUT2D eigenvalue weighted by molar-refractivity contribution is -0.119. The Balaban J connectivity index is 1.81. The fourth-order valence-corrected chi connectivity index (χ4v) is 4.42. The summed E-state index contributed by atoms with van der Waals surface area (Å²) in [4.78, 5) is 18.3. The van der Waals surface area contributed by atoms with E-state index in [0.29, 0.717) is 5.02 Å². The van der Waals surface area contributed by atoms with Crippen LogP contribution in [0.15, 0.2) is 41.8 Å². The monoisotopic (exact) mass is 318 g/mol. The molecule has 2 saturated heterocycles. The van der Waals surface area contributed by atoms with E-state index in [0.717, 1.165) is 25.1 Å². The first kappa shape index (κ1) is 13.3. The van der Waals surface area contributed by atoms with Gasteiger partial charge in [-0.1, -0.05) is 23.7 Å². The first-order valence-electron chi connectivity index (χ1n) is 7.13. The molecule has 1 aromatic heterocycles. The van der Waals surface area contributed by atoms with Gasteiger partial charge in [-0.25, -0.2) is 0 Å². The molecule has 0 aliphatic carbocycles. The third kappa shape index (κ3) is 2.09. The largest absolute Gasteiger partial charge is 0.290 e. The minimum Gasteiger partial charge on any atom is -0.290 e. The van der Waals surface area contributed by atoms with Crippen molar-refractivity contribution in [3.63, 3.8) is 0 Å². The molecule has 0 radical (unpaired) electrons. The van der Waals surface area contributed by atoms with Crippen molar-refractivity contribution in [1.29, 1.82) is 0 Å². The third-order valence-corrected chi connectivity index (χ3v) is 5.41. The number of thiophene rings is 1. The highest BCUT2D eigenvalue weighted by atomic mass is 35.5. The Morgan fingerprint density at radius 1 is 1.24 bits per heavy atom. The lowest BCUT2D eigenvalue weighted by Gasteiger charge is -2.28. The zero-order chi connectivity index (χ0) is 14.4. The summed E-state index contributed by atoms with van der Waals surface area (Å²) in [5, 5.41) is 2.73. The molecule has 3 nitrogen and oxygen atoms in total. The fourth-order valence-electron chi connectivity index (χ4n) is 3.40. The van der Waals surface area contributed by atoms with Gasteiger partial charge < -0.3 is 0 Å². The summed E-state index contributed by atoms with van der Waals surface area (Å²) < 4.78 is 0. The summed E-state index contributed by atoms with van der Waals surface area (Å²) in [6.07, 6.45) is 2.07. The van der Waals surface area contributed by atoms with Crippen LogP contribution in [0.5, 0.6) is 0 Å². The summed E-state index contributed by atoms with van der Waals surface area (Å²) in [6.45, 7) is 0.982. The van der Waals surface area contributed by atoms with Gasteiger partial charge in [0.1, 0.15) is 6.17 Å². The number of rotatable bonds is 2. The number of fused-ring (bicyclic) bond motifs is 1. The molecule has 0 spiro atoms. The zero-order valence-electron chi connectivity index (χ0n) is 11.4. The van der Waals surface area contributed by atoms with Gasteiger partial charge >= 0.3 is 0 Å². The highest BCUT2D eigenvalue weighted by Crippen LogP contribution is 2.43. The Labute approximate surface area is 132 Å². The van der Waals surface area contributed by atoms with Gasteiger partial charge in [-0.2, -0.15) is 0 Å². The van der Waals surface area contributed by atoms with Gasteiger partial charge in [-0.15, -0.1) is 11.3 Å². The molecule has 3 heterocycles. The van der Waals surface area contributed by atoms with Crippen LogP contribution in [0, 0.1) is 0 Å². The van der Waals surface area contributed by atoms with Gasteiger partial charge in [-0.05, 0) is 42.5 Å². The molecule has 0 N–H and O–H groups in total. The Morgan fingerprint density at radius 3 is 2.90 bits per heavy atom. The Morgan fingerprint density at radius 2 is 2.14 bits per heavy atom. The van der Waals surface area contributed by atoms with E-state index in [1.807, 2.05) is 35.2 Å². The molecule has 2 aromatic rings. The molecule has 0 saturated carbocycles. The predicted molar refractivity (Wildman–Crippen MR) is 85.7 cm³/mol. The first-order chi connectivity index (χ1) is 10.3. The molecular weight excluding hydrogens is 304 g/mol. The second kappa shape index (κ2) is 5.13. The van der Waals surface area contributed by atoms with Gasteiger partial charge in [0.05, 0.1) is 6.04 Å². The number of halogens is 1. The van der Waals surface area contributed by atoms with E-state index in [4.69, 9.17) is 11.6 Å². The second-order valence-corrected chi connectivity index (χ2v) is 6.89. The molecule has 1 aromatic carbocycles. The van der Waals surface area contributed by atoms with Gasteiger partial charge in [0.15, 0.2) is 0 Å². The van der Waals surface area contributed by atoms with Crippen molar-refractivity contribution in [3.8, 4) is 0 Å². The molecule has 2 aliphatic heterocycles. The van der Waals surface area contributed by atoms with Crippen LogP contribution in [0.4, 0.5) is 5.69 Å². The number of anilines is 1. The minimum atomic E-state index is 0.0171. The highest BCUT2D eigenvalue weighted by Gasteiger charge is 2.49. The van der Waals surface area contributed by atoms with Crippen molar-refractivity contribution in [1.82, 2.24) is 4.90 Å². The van der Waals surface area contributed by atoms with Crippen LogP contribution in [0.3, 0.4) is 0 Å². The second-order valence-electron chi connectivity index (χ2n) is 5.47. The lowest BCUT2D eigenvalue weighted by Crippen LogP contribution is -2.31. The Kier molecular flexibility index (Phi) is 3.25. The molecule has 1 amide bonds. The molecule has 2 unspecified atom stereocenters. The molecule has 0 bridgehead atoms. The standard InChI is InChI=1S/C16H15ClN2OS/c17-11-4-1-5-12(10-11)19-15(14-7-3-9-21-14)18-8-2-6-13(18)16(19)20/h1,3-5,7,9-10,13,15H,2,6,8H2. The zero-order valence-corrected chi connectivity index (χ0v) is 13.0. The van der Waals surface area contributed by atoms with Gasteiger partial charge in [0, 0.05) is 22.1 Å². The van der Waals surface area contributed by atoms with Crippen molar-refractivity contribution < 1.29 is 4.79 Å². The van der Waals surface area contributed by atoms with Gasteiger partial charge in [-0.3, -0.25) is 14.6 Å². The molecule has 2 atom stereocenters. The van der Waals surface area contributed by atoms with Crippen molar-refractivity contribution in [2.45, 2.75) is 25.0 Å². The van der Waals surface area contributed by atoms with Crippen LogP contribution < -0.4 is 4.90 Å².